The minimum atomic E-state index is -3.75. The van der Waals surface area contributed by atoms with Crippen LogP contribution in [-0.4, -0.2) is 31.2 Å². The van der Waals surface area contributed by atoms with Gasteiger partial charge in [-0.3, -0.25) is 4.79 Å². The van der Waals surface area contributed by atoms with Gasteiger partial charge in [-0.05, 0) is 62.1 Å². The maximum absolute atomic E-state index is 12.9. The SMILES string of the molecule is Cc1cccc(C)c1NC(=O)C1CCCN1S(=O)(=O)c1ccc(Cl)cc1. The lowest BCUT2D eigenvalue weighted by Crippen LogP contribution is -2.43. The fraction of sp³-hybridized carbons (Fsp3) is 0.316. The van der Waals surface area contributed by atoms with Crippen molar-refractivity contribution in [2.24, 2.45) is 0 Å². The lowest BCUT2D eigenvalue weighted by Gasteiger charge is -2.24. The predicted molar refractivity (Wildman–Crippen MR) is 103 cm³/mol. The molecule has 26 heavy (non-hydrogen) atoms. The van der Waals surface area contributed by atoms with E-state index in [0.29, 0.717) is 24.4 Å². The summed E-state index contributed by atoms with van der Waals surface area (Å²) in [7, 11) is -3.75. The van der Waals surface area contributed by atoms with Gasteiger partial charge in [-0.15, -0.1) is 0 Å². The van der Waals surface area contributed by atoms with Crippen LogP contribution in [0.2, 0.25) is 5.02 Å². The van der Waals surface area contributed by atoms with Crippen molar-refractivity contribution in [1.29, 1.82) is 0 Å². The van der Waals surface area contributed by atoms with Gasteiger partial charge >= 0.3 is 0 Å². The molecule has 1 unspecified atom stereocenters. The zero-order valence-corrected chi connectivity index (χ0v) is 16.3. The molecule has 1 N–H and O–H groups in total. The molecule has 1 saturated heterocycles. The number of carbonyl (C=O) groups excluding carboxylic acids is 1. The third-order valence-electron chi connectivity index (χ3n) is 4.66. The van der Waals surface area contributed by atoms with E-state index in [1.165, 1.54) is 28.6 Å². The molecule has 0 radical (unpaired) electrons. The number of carbonyl (C=O) groups is 1. The van der Waals surface area contributed by atoms with Crippen LogP contribution in [0.1, 0.15) is 24.0 Å². The second-order valence-corrected chi connectivity index (χ2v) is 8.81. The summed E-state index contributed by atoms with van der Waals surface area (Å²) in [4.78, 5) is 13.0. The number of anilines is 1. The number of nitrogens with one attached hydrogen (secondary N) is 1. The summed E-state index contributed by atoms with van der Waals surface area (Å²) in [6, 6.07) is 11.1. The van der Waals surface area contributed by atoms with Gasteiger partial charge in [-0.1, -0.05) is 29.8 Å². The molecule has 2 aromatic rings. The molecular weight excluding hydrogens is 372 g/mol. The van der Waals surface area contributed by atoms with E-state index in [9.17, 15) is 13.2 Å². The summed E-state index contributed by atoms with van der Waals surface area (Å²) in [6.45, 7) is 4.16. The van der Waals surface area contributed by atoms with Crippen molar-refractivity contribution in [3.8, 4) is 0 Å². The van der Waals surface area contributed by atoms with E-state index in [1.54, 1.807) is 0 Å². The normalized spacial score (nSPS) is 18.0. The van der Waals surface area contributed by atoms with E-state index in [4.69, 9.17) is 11.6 Å². The second-order valence-electron chi connectivity index (χ2n) is 6.48. The number of amides is 1. The molecule has 3 rings (SSSR count). The number of halogens is 1. The van der Waals surface area contributed by atoms with Gasteiger partial charge in [0.25, 0.3) is 0 Å². The maximum Gasteiger partial charge on any atom is 0.243 e. The number of rotatable bonds is 4. The zero-order chi connectivity index (χ0) is 18.9. The number of sulfonamides is 1. The second kappa shape index (κ2) is 7.39. The third kappa shape index (κ3) is 3.63. The van der Waals surface area contributed by atoms with E-state index >= 15 is 0 Å². The van der Waals surface area contributed by atoms with Crippen molar-refractivity contribution in [2.45, 2.75) is 37.6 Å². The first kappa shape index (κ1) is 18.9. The molecule has 1 heterocycles. The van der Waals surface area contributed by atoms with Crippen LogP contribution >= 0.6 is 11.6 Å². The van der Waals surface area contributed by atoms with Crippen LogP contribution in [0.15, 0.2) is 47.4 Å². The molecule has 1 aliphatic heterocycles. The molecule has 0 saturated carbocycles. The van der Waals surface area contributed by atoms with E-state index in [1.807, 2.05) is 32.0 Å². The van der Waals surface area contributed by atoms with Crippen molar-refractivity contribution >= 4 is 33.2 Å². The van der Waals surface area contributed by atoms with Crippen molar-refractivity contribution in [1.82, 2.24) is 4.31 Å². The van der Waals surface area contributed by atoms with E-state index in [2.05, 4.69) is 5.32 Å². The first-order chi connectivity index (χ1) is 12.3. The minimum absolute atomic E-state index is 0.147. The summed E-state index contributed by atoms with van der Waals surface area (Å²) < 4.78 is 27.2. The predicted octanol–water partition coefficient (Wildman–Crippen LogP) is 3.75. The van der Waals surface area contributed by atoms with Crippen LogP contribution < -0.4 is 5.32 Å². The topological polar surface area (TPSA) is 66.5 Å². The van der Waals surface area contributed by atoms with Gasteiger partial charge in [0.15, 0.2) is 0 Å². The maximum atomic E-state index is 12.9. The molecule has 1 amide bonds. The Morgan fingerprint density at radius 1 is 1.12 bits per heavy atom. The van der Waals surface area contributed by atoms with Gasteiger partial charge < -0.3 is 5.32 Å². The molecule has 1 atom stereocenters. The Hall–Kier alpha value is -1.89. The summed E-state index contributed by atoms with van der Waals surface area (Å²) in [5, 5.41) is 3.38. The summed E-state index contributed by atoms with van der Waals surface area (Å²) in [5.74, 6) is -0.294. The number of benzene rings is 2. The number of aryl methyl sites for hydroxylation is 2. The molecule has 0 bridgehead atoms. The highest BCUT2D eigenvalue weighted by Crippen LogP contribution is 2.28. The highest BCUT2D eigenvalue weighted by atomic mass is 35.5. The molecule has 1 fully saturated rings. The van der Waals surface area contributed by atoms with Gasteiger partial charge in [-0.25, -0.2) is 8.42 Å². The Labute approximate surface area is 159 Å². The number of hydrogen-bond acceptors (Lipinski definition) is 3. The fourth-order valence-corrected chi connectivity index (χ4v) is 5.03. The van der Waals surface area contributed by atoms with Crippen molar-refractivity contribution in [3.05, 3.63) is 58.6 Å². The van der Waals surface area contributed by atoms with Crippen LogP contribution in [0.25, 0.3) is 0 Å². The van der Waals surface area contributed by atoms with Crippen LogP contribution in [0.3, 0.4) is 0 Å². The van der Waals surface area contributed by atoms with Gasteiger partial charge in [-0.2, -0.15) is 4.31 Å². The van der Waals surface area contributed by atoms with Gasteiger partial charge in [0.1, 0.15) is 6.04 Å². The van der Waals surface area contributed by atoms with Crippen LogP contribution in [0.4, 0.5) is 5.69 Å². The Kier molecular flexibility index (Phi) is 5.37. The molecule has 5 nitrogen and oxygen atoms in total. The Balaban J connectivity index is 1.86. The summed E-state index contributed by atoms with van der Waals surface area (Å²) >= 11 is 5.85. The van der Waals surface area contributed by atoms with Crippen molar-refractivity contribution < 1.29 is 13.2 Å². The van der Waals surface area contributed by atoms with E-state index in [-0.39, 0.29) is 10.8 Å². The largest absolute Gasteiger partial charge is 0.324 e. The van der Waals surface area contributed by atoms with Gasteiger partial charge in [0, 0.05) is 17.3 Å². The average Bonchev–Trinajstić information content (AvgIpc) is 3.09. The third-order valence-corrected chi connectivity index (χ3v) is 6.83. The smallest absolute Gasteiger partial charge is 0.243 e. The Bertz CT molecular complexity index is 906. The molecule has 0 spiro atoms. The van der Waals surface area contributed by atoms with Gasteiger partial charge in [0.2, 0.25) is 15.9 Å². The minimum Gasteiger partial charge on any atom is -0.324 e. The van der Waals surface area contributed by atoms with Crippen LogP contribution in [-0.2, 0) is 14.8 Å². The summed E-state index contributed by atoms with van der Waals surface area (Å²) in [6.07, 6.45) is 1.15. The first-order valence-corrected chi connectivity index (χ1v) is 10.3. The molecule has 7 heteroatoms. The fourth-order valence-electron chi connectivity index (χ4n) is 3.25. The highest BCUT2D eigenvalue weighted by molar-refractivity contribution is 7.89. The Morgan fingerprint density at radius 2 is 1.73 bits per heavy atom. The quantitative estimate of drug-likeness (QED) is 0.861. The lowest BCUT2D eigenvalue weighted by atomic mass is 10.1. The first-order valence-electron chi connectivity index (χ1n) is 8.45. The monoisotopic (exact) mass is 392 g/mol. The molecule has 2 aromatic carbocycles. The van der Waals surface area contributed by atoms with Crippen LogP contribution in [0.5, 0.6) is 0 Å². The van der Waals surface area contributed by atoms with Crippen molar-refractivity contribution in [3.63, 3.8) is 0 Å². The number of para-hydroxylation sites is 1. The summed E-state index contributed by atoms with van der Waals surface area (Å²) in [5.41, 5.74) is 2.64. The molecule has 0 aromatic heterocycles. The molecular formula is C19H21ClN2O3S. The average molecular weight is 393 g/mol. The highest BCUT2D eigenvalue weighted by Gasteiger charge is 2.39. The van der Waals surface area contributed by atoms with Gasteiger partial charge in [0.05, 0.1) is 4.90 Å². The Morgan fingerprint density at radius 3 is 2.35 bits per heavy atom. The van der Waals surface area contributed by atoms with E-state index < -0.39 is 16.1 Å². The number of nitrogens with zero attached hydrogens (tertiary/aromatic N) is 1. The molecule has 138 valence electrons. The van der Waals surface area contributed by atoms with E-state index in [0.717, 1.165) is 16.8 Å². The van der Waals surface area contributed by atoms with Crippen LogP contribution in [0, 0.1) is 13.8 Å². The van der Waals surface area contributed by atoms with Crippen molar-refractivity contribution in [2.75, 3.05) is 11.9 Å². The lowest BCUT2D eigenvalue weighted by molar-refractivity contribution is -0.119. The molecule has 0 aliphatic carbocycles. The zero-order valence-electron chi connectivity index (χ0n) is 14.7. The number of hydrogen-bond donors (Lipinski definition) is 1. The standard InChI is InChI=1S/C19H21ClN2O3S/c1-13-5-3-6-14(2)18(13)21-19(23)17-7-4-12-22(17)26(24,25)16-10-8-15(20)9-11-16/h3,5-6,8-11,17H,4,7,12H2,1-2H3,(H,21,23). The molecule has 1 aliphatic rings.